The lowest BCUT2D eigenvalue weighted by Crippen LogP contribution is -2.43. The minimum absolute atomic E-state index is 0.292. The second-order valence-electron chi connectivity index (χ2n) is 4.43. The lowest BCUT2D eigenvalue weighted by Gasteiger charge is -2.15. The molecule has 1 rings (SSSR count). The summed E-state index contributed by atoms with van der Waals surface area (Å²) in [5.41, 5.74) is 0.623. The van der Waals surface area contributed by atoms with Gasteiger partial charge in [0.1, 0.15) is 12.1 Å². The molecular formula is C14H16BrN3O3. The summed E-state index contributed by atoms with van der Waals surface area (Å²) in [4.78, 5) is 22.9. The van der Waals surface area contributed by atoms with E-state index < -0.39 is 18.0 Å². The summed E-state index contributed by atoms with van der Waals surface area (Å²) in [6.45, 7) is 1.94. The van der Waals surface area contributed by atoms with Crippen LogP contribution in [0.5, 0.6) is 0 Å². The van der Waals surface area contributed by atoms with Crippen LogP contribution in [0.1, 0.15) is 31.7 Å². The molecule has 0 aliphatic carbocycles. The molecule has 1 atom stereocenters. The number of hydrogen-bond acceptors (Lipinski definition) is 3. The molecule has 0 aromatic heterocycles. The van der Waals surface area contributed by atoms with E-state index in [0.717, 1.165) is 10.9 Å². The molecule has 0 saturated carbocycles. The highest BCUT2D eigenvalue weighted by atomic mass is 79.9. The number of urea groups is 1. The lowest BCUT2D eigenvalue weighted by molar-refractivity contribution is -0.139. The van der Waals surface area contributed by atoms with E-state index in [1.165, 1.54) is 0 Å². The minimum Gasteiger partial charge on any atom is -0.480 e. The Labute approximate surface area is 131 Å². The third-order valence-corrected chi connectivity index (χ3v) is 3.29. The molecule has 0 fully saturated rings. The first-order valence-corrected chi connectivity index (χ1v) is 7.27. The topological polar surface area (TPSA) is 102 Å². The first-order chi connectivity index (χ1) is 9.97. The van der Waals surface area contributed by atoms with Gasteiger partial charge in [0, 0.05) is 4.47 Å². The number of anilines is 1. The fourth-order valence-electron chi connectivity index (χ4n) is 1.70. The minimum atomic E-state index is -1.07. The van der Waals surface area contributed by atoms with Crippen molar-refractivity contribution in [3.8, 4) is 6.07 Å². The predicted octanol–water partition coefficient (Wildman–Crippen LogP) is 3.09. The Kier molecular flexibility index (Phi) is 6.69. The van der Waals surface area contributed by atoms with Gasteiger partial charge in [0.05, 0.1) is 11.3 Å². The highest BCUT2D eigenvalue weighted by Gasteiger charge is 2.19. The number of benzene rings is 1. The molecule has 0 aliphatic heterocycles. The average Bonchev–Trinajstić information content (AvgIpc) is 2.44. The summed E-state index contributed by atoms with van der Waals surface area (Å²) in [6.07, 6.45) is 1.92. The first-order valence-electron chi connectivity index (χ1n) is 6.48. The maximum atomic E-state index is 11.8. The number of carbonyl (C=O) groups is 2. The number of unbranched alkanes of at least 4 members (excludes halogenated alkanes) is 1. The Hall–Kier alpha value is -2.07. The number of nitrogens with one attached hydrogen (secondary N) is 2. The van der Waals surface area contributed by atoms with Crippen LogP contribution >= 0.6 is 15.9 Å². The zero-order chi connectivity index (χ0) is 15.8. The van der Waals surface area contributed by atoms with E-state index >= 15 is 0 Å². The summed E-state index contributed by atoms with van der Waals surface area (Å²) in [5, 5.41) is 22.9. The maximum Gasteiger partial charge on any atom is 0.326 e. The van der Waals surface area contributed by atoms with E-state index in [0.29, 0.717) is 24.1 Å². The van der Waals surface area contributed by atoms with Crippen molar-refractivity contribution >= 4 is 33.6 Å². The second-order valence-corrected chi connectivity index (χ2v) is 5.35. The molecule has 112 valence electrons. The molecule has 0 saturated heterocycles. The Morgan fingerprint density at radius 1 is 1.48 bits per heavy atom. The number of amides is 2. The number of carboxylic acid groups (broad SMARTS) is 1. The van der Waals surface area contributed by atoms with Gasteiger partial charge in [-0.1, -0.05) is 35.7 Å². The molecular weight excluding hydrogens is 338 g/mol. The number of carbonyl (C=O) groups excluding carboxylic acids is 1. The highest BCUT2D eigenvalue weighted by molar-refractivity contribution is 9.10. The molecule has 0 radical (unpaired) electrons. The van der Waals surface area contributed by atoms with Crippen molar-refractivity contribution in [1.29, 1.82) is 5.26 Å². The van der Waals surface area contributed by atoms with Crippen molar-refractivity contribution < 1.29 is 14.7 Å². The molecule has 0 spiro atoms. The summed E-state index contributed by atoms with van der Waals surface area (Å²) in [7, 11) is 0. The molecule has 1 aromatic carbocycles. The van der Waals surface area contributed by atoms with Crippen LogP contribution in [0.15, 0.2) is 22.7 Å². The molecule has 0 bridgehead atoms. The SMILES string of the molecule is CCCC[C@H](NC(=O)Nc1ccc(Br)cc1C#N)C(=O)O. The van der Waals surface area contributed by atoms with Crippen molar-refractivity contribution in [2.24, 2.45) is 0 Å². The van der Waals surface area contributed by atoms with Gasteiger partial charge in [-0.2, -0.15) is 5.26 Å². The van der Waals surface area contributed by atoms with Crippen molar-refractivity contribution in [2.75, 3.05) is 5.32 Å². The van der Waals surface area contributed by atoms with E-state index in [4.69, 9.17) is 10.4 Å². The van der Waals surface area contributed by atoms with Crippen molar-refractivity contribution in [2.45, 2.75) is 32.2 Å². The zero-order valence-electron chi connectivity index (χ0n) is 11.5. The lowest BCUT2D eigenvalue weighted by atomic mass is 10.1. The quantitative estimate of drug-likeness (QED) is 0.730. The van der Waals surface area contributed by atoms with Gasteiger partial charge in [-0.15, -0.1) is 0 Å². The van der Waals surface area contributed by atoms with E-state index in [9.17, 15) is 9.59 Å². The average molecular weight is 354 g/mol. The third kappa shape index (κ3) is 5.44. The van der Waals surface area contributed by atoms with E-state index in [2.05, 4.69) is 26.6 Å². The van der Waals surface area contributed by atoms with Gasteiger partial charge in [0.2, 0.25) is 0 Å². The number of carboxylic acids is 1. The predicted molar refractivity (Wildman–Crippen MR) is 82.0 cm³/mol. The van der Waals surface area contributed by atoms with Crippen molar-refractivity contribution in [1.82, 2.24) is 5.32 Å². The molecule has 7 heteroatoms. The smallest absolute Gasteiger partial charge is 0.326 e. The largest absolute Gasteiger partial charge is 0.480 e. The van der Waals surface area contributed by atoms with Crippen LogP contribution in [-0.4, -0.2) is 23.1 Å². The van der Waals surface area contributed by atoms with Crippen molar-refractivity contribution in [3.05, 3.63) is 28.2 Å². The normalized spacial score (nSPS) is 11.3. The van der Waals surface area contributed by atoms with Crippen LogP contribution < -0.4 is 10.6 Å². The Bertz CT molecular complexity index is 569. The number of nitrogens with zero attached hydrogens (tertiary/aromatic N) is 1. The number of aliphatic carboxylic acids is 1. The molecule has 3 N–H and O–H groups in total. The molecule has 21 heavy (non-hydrogen) atoms. The molecule has 0 aliphatic rings. The van der Waals surface area contributed by atoms with Crippen LogP contribution in [0.4, 0.5) is 10.5 Å². The highest BCUT2D eigenvalue weighted by Crippen LogP contribution is 2.20. The summed E-state index contributed by atoms with van der Waals surface area (Å²) < 4.78 is 0.719. The third-order valence-electron chi connectivity index (χ3n) is 2.80. The fourth-order valence-corrected chi connectivity index (χ4v) is 2.06. The first kappa shape index (κ1) is 17.0. The number of rotatable bonds is 6. The maximum absolute atomic E-state index is 11.8. The van der Waals surface area contributed by atoms with Crippen LogP contribution in [0, 0.1) is 11.3 Å². The standard InChI is InChI=1S/C14H16BrN3O3/c1-2-3-4-12(13(19)20)18-14(21)17-11-6-5-10(15)7-9(11)8-16/h5-7,12H,2-4H2,1H3,(H,19,20)(H2,17,18,21)/t12-/m0/s1. The Morgan fingerprint density at radius 2 is 2.19 bits per heavy atom. The van der Waals surface area contributed by atoms with Gasteiger partial charge in [0.25, 0.3) is 0 Å². The van der Waals surface area contributed by atoms with Gasteiger partial charge in [-0.3, -0.25) is 0 Å². The van der Waals surface area contributed by atoms with Crippen LogP contribution in [0.25, 0.3) is 0 Å². The van der Waals surface area contributed by atoms with E-state index in [1.807, 2.05) is 13.0 Å². The number of nitriles is 1. The van der Waals surface area contributed by atoms with Gasteiger partial charge in [-0.05, 0) is 24.6 Å². The Balaban J connectivity index is 2.72. The zero-order valence-corrected chi connectivity index (χ0v) is 13.1. The molecule has 0 unspecified atom stereocenters. The second kappa shape index (κ2) is 8.27. The van der Waals surface area contributed by atoms with Gasteiger partial charge in [0.15, 0.2) is 0 Å². The van der Waals surface area contributed by atoms with Crippen LogP contribution in [0.3, 0.4) is 0 Å². The van der Waals surface area contributed by atoms with Gasteiger partial charge < -0.3 is 15.7 Å². The summed E-state index contributed by atoms with van der Waals surface area (Å²) in [6, 6.07) is 5.21. The Morgan fingerprint density at radius 3 is 2.76 bits per heavy atom. The number of halogens is 1. The van der Waals surface area contributed by atoms with Gasteiger partial charge in [-0.25, -0.2) is 9.59 Å². The van der Waals surface area contributed by atoms with E-state index in [1.54, 1.807) is 18.2 Å². The van der Waals surface area contributed by atoms with Gasteiger partial charge >= 0.3 is 12.0 Å². The number of hydrogen-bond donors (Lipinski definition) is 3. The molecule has 1 aromatic rings. The molecule has 2 amide bonds. The monoisotopic (exact) mass is 353 g/mol. The fraction of sp³-hybridized carbons (Fsp3) is 0.357. The van der Waals surface area contributed by atoms with Crippen LogP contribution in [0.2, 0.25) is 0 Å². The summed E-state index contributed by atoms with van der Waals surface area (Å²) in [5.74, 6) is -1.07. The van der Waals surface area contributed by atoms with Crippen LogP contribution in [-0.2, 0) is 4.79 Å². The summed E-state index contributed by atoms with van der Waals surface area (Å²) >= 11 is 3.23. The van der Waals surface area contributed by atoms with E-state index in [-0.39, 0.29) is 0 Å². The molecule has 0 heterocycles. The molecule has 6 nitrogen and oxygen atoms in total. The van der Waals surface area contributed by atoms with Crippen molar-refractivity contribution in [3.63, 3.8) is 0 Å².